The fourth-order valence-electron chi connectivity index (χ4n) is 3.98. The molecule has 1 N–H and O–H groups in total. The molecular weight excluding hydrogens is 447 g/mol. The molecule has 0 heterocycles. The Morgan fingerprint density at radius 3 is 2.41 bits per heavy atom. The first kappa shape index (κ1) is 24.4. The van der Waals surface area contributed by atoms with Crippen LogP contribution in [0.15, 0.2) is 42.5 Å². The van der Waals surface area contributed by atoms with Crippen molar-refractivity contribution in [1.82, 2.24) is 10.2 Å². The van der Waals surface area contributed by atoms with Crippen molar-refractivity contribution < 1.29 is 14.3 Å². The number of nitrogens with one attached hydrogen (secondary N) is 1. The molecule has 172 valence electrons. The first-order chi connectivity index (χ1) is 15.4. The first-order valence-electron chi connectivity index (χ1n) is 11.1. The minimum absolute atomic E-state index is 0.122. The minimum Gasteiger partial charge on any atom is -0.484 e. The highest BCUT2D eigenvalue weighted by Gasteiger charge is 2.31. The van der Waals surface area contributed by atoms with E-state index in [-0.39, 0.29) is 31.0 Å². The topological polar surface area (TPSA) is 58.6 Å². The van der Waals surface area contributed by atoms with Crippen molar-refractivity contribution in [3.63, 3.8) is 0 Å². The average Bonchev–Trinajstić information content (AvgIpc) is 3.28. The van der Waals surface area contributed by atoms with Gasteiger partial charge in [-0.05, 0) is 56.0 Å². The van der Waals surface area contributed by atoms with Crippen LogP contribution in [0.25, 0.3) is 0 Å². The van der Waals surface area contributed by atoms with Gasteiger partial charge in [0.15, 0.2) is 6.61 Å². The Morgan fingerprint density at radius 2 is 1.78 bits per heavy atom. The van der Waals surface area contributed by atoms with Gasteiger partial charge in [0.05, 0.1) is 10.0 Å². The second-order valence-electron chi connectivity index (χ2n) is 8.29. The molecule has 0 spiro atoms. The molecule has 7 heteroatoms. The third-order valence-corrected chi connectivity index (χ3v) is 6.55. The molecule has 0 unspecified atom stereocenters. The van der Waals surface area contributed by atoms with Gasteiger partial charge in [0, 0.05) is 12.6 Å². The van der Waals surface area contributed by atoms with Crippen LogP contribution < -0.4 is 10.1 Å². The van der Waals surface area contributed by atoms with E-state index >= 15 is 0 Å². The number of hydrogen-bond donors (Lipinski definition) is 1. The van der Waals surface area contributed by atoms with Crippen LogP contribution in [0.3, 0.4) is 0 Å². The van der Waals surface area contributed by atoms with Crippen LogP contribution in [0.1, 0.15) is 50.2 Å². The summed E-state index contributed by atoms with van der Waals surface area (Å²) in [5, 5.41) is 3.99. The van der Waals surface area contributed by atoms with Gasteiger partial charge in [-0.25, -0.2) is 0 Å². The van der Waals surface area contributed by atoms with E-state index in [0.717, 1.165) is 36.8 Å². The number of carbonyl (C=O) groups excluding carboxylic acids is 2. The maximum absolute atomic E-state index is 13.2. The molecular formula is C25H30Cl2N2O3. The van der Waals surface area contributed by atoms with Gasteiger partial charge in [-0.3, -0.25) is 9.59 Å². The average molecular weight is 477 g/mol. The highest BCUT2D eigenvalue weighted by molar-refractivity contribution is 6.42. The molecule has 0 aliphatic heterocycles. The summed E-state index contributed by atoms with van der Waals surface area (Å²) in [5.41, 5.74) is 1.91. The van der Waals surface area contributed by atoms with Crippen molar-refractivity contribution in [2.75, 3.05) is 6.61 Å². The molecule has 0 aromatic heterocycles. The van der Waals surface area contributed by atoms with Gasteiger partial charge >= 0.3 is 0 Å². The highest BCUT2D eigenvalue weighted by atomic mass is 35.5. The molecule has 0 radical (unpaired) electrons. The minimum atomic E-state index is -0.598. The second-order valence-corrected chi connectivity index (χ2v) is 9.10. The Morgan fingerprint density at radius 1 is 1.09 bits per heavy atom. The lowest BCUT2D eigenvalue weighted by molar-refractivity contribution is -0.143. The summed E-state index contributed by atoms with van der Waals surface area (Å²) < 4.78 is 5.72. The smallest absolute Gasteiger partial charge is 0.261 e. The van der Waals surface area contributed by atoms with Crippen molar-refractivity contribution in [2.45, 2.75) is 64.6 Å². The lowest BCUT2D eigenvalue weighted by atomic mass is 10.1. The summed E-state index contributed by atoms with van der Waals surface area (Å²) >= 11 is 12.2. The fourth-order valence-corrected chi connectivity index (χ4v) is 4.30. The maximum Gasteiger partial charge on any atom is 0.261 e. The number of benzene rings is 2. The van der Waals surface area contributed by atoms with E-state index in [9.17, 15) is 9.59 Å². The summed E-state index contributed by atoms with van der Waals surface area (Å²) in [6.45, 7) is 3.98. The van der Waals surface area contributed by atoms with E-state index in [2.05, 4.69) is 5.32 Å². The van der Waals surface area contributed by atoms with E-state index in [0.29, 0.717) is 22.2 Å². The van der Waals surface area contributed by atoms with Crippen molar-refractivity contribution in [3.8, 4) is 5.75 Å². The van der Waals surface area contributed by atoms with E-state index < -0.39 is 6.04 Å². The third-order valence-electron chi connectivity index (χ3n) is 5.81. The fraction of sp³-hybridized carbons (Fsp3) is 0.440. The van der Waals surface area contributed by atoms with Gasteiger partial charge in [0.25, 0.3) is 5.91 Å². The molecule has 2 aromatic carbocycles. The normalized spacial score (nSPS) is 14.8. The number of ether oxygens (including phenoxy) is 1. The van der Waals surface area contributed by atoms with Gasteiger partial charge in [-0.2, -0.15) is 0 Å². The quantitative estimate of drug-likeness (QED) is 0.516. The van der Waals surface area contributed by atoms with Gasteiger partial charge < -0.3 is 15.0 Å². The van der Waals surface area contributed by atoms with Crippen molar-refractivity contribution in [3.05, 3.63) is 63.6 Å². The molecule has 5 nitrogen and oxygen atoms in total. The zero-order valence-electron chi connectivity index (χ0n) is 18.6. The number of aryl methyl sites for hydroxylation is 1. The van der Waals surface area contributed by atoms with Crippen LogP contribution in [0.2, 0.25) is 10.0 Å². The highest BCUT2D eigenvalue weighted by Crippen LogP contribution is 2.25. The Bertz CT molecular complexity index is 927. The van der Waals surface area contributed by atoms with Crippen LogP contribution in [0, 0.1) is 6.92 Å². The van der Waals surface area contributed by atoms with Gasteiger partial charge in [-0.1, -0.05) is 66.7 Å². The Balaban J connectivity index is 1.77. The Labute approximate surface area is 200 Å². The van der Waals surface area contributed by atoms with Crippen LogP contribution in [0.4, 0.5) is 0 Å². The summed E-state index contributed by atoms with van der Waals surface area (Å²) in [7, 11) is 0. The first-order valence-corrected chi connectivity index (χ1v) is 11.9. The van der Waals surface area contributed by atoms with Crippen LogP contribution in [-0.4, -0.2) is 35.4 Å². The lowest BCUT2D eigenvalue weighted by Crippen LogP contribution is -2.52. The largest absolute Gasteiger partial charge is 0.484 e. The number of carbonyl (C=O) groups is 2. The van der Waals surface area contributed by atoms with E-state index in [1.165, 1.54) is 0 Å². The van der Waals surface area contributed by atoms with Gasteiger partial charge in [-0.15, -0.1) is 0 Å². The van der Waals surface area contributed by atoms with Gasteiger partial charge in [0.2, 0.25) is 5.91 Å². The predicted octanol–water partition coefficient (Wildman–Crippen LogP) is 5.55. The SMILES string of the molecule is CC[C@@H](C(=O)NC1CCCC1)N(Cc1ccc(Cl)c(Cl)c1)C(=O)COc1ccc(C)cc1. The molecule has 0 bridgehead atoms. The summed E-state index contributed by atoms with van der Waals surface area (Å²) in [5.74, 6) is 0.232. The lowest BCUT2D eigenvalue weighted by Gasteiger charge is -2.31. The number of rotatable bonds is 9. The summed E-state index contributed by atoms with van der Waals surface area (Å²) in [6, 6.07) is 12.3. The maximum atomic E-state index is 13.2. The number of amides is 2. The second kappa shape index (κ2) is 11.6. The Kier molecular flexibility index (Phi) is 8.83. The number of nitrogens with zero attached hydrogens (tertiary/aromatic N) is 1. The Hall–Kier alpha value is -2.24. The molecule has 32 heavy (non-hydrogen) atoms. The monoisotopic (exact) mass is 476 g/mol. The molecule has 0 saturated heterocycles. The van der Waals surface area contributed by atoms with Crippen LogP contribution >= 0.6 is 23.2 Å². The number of halogens is 2. The standard InChI is InChI=1S/C25H30Cl2N2O3/c1-3-23(25(31)28-19-6-4-5-7-19)29(15-18-10-13-21(26)22(27)14-18)24(30)16-32-20-11-8-17(2)9-12-20/h8-14,19,23H,3-7,15-16H2,1-2H3,(H,28,31)/t23-/m0/s1. The zero-order valence-corrected chi connectivity index (χ0v) is 20.1. The van der Waals surface area contributed by atoms with Crippen molar-refractivity contribution in [1.29, 1.82) is 0 Å². The molecule has 1 atom stereocenters. The predicted molar refractivity (Wildman–Crippen MR) is 128 cm³/mol. The van der Waals surface area contributed by atoms with Crippen molar-refractivity contribution in [2.24, 2.45) is 0 Å². The molecule has 1 aliphatic carbocycles. The molecule has 3 rings (SSSR count). The summed E-state index contributed by atoms with van der Waals surface area (Å²) in [6.07, 6.45) is 4.71. The van der Waals surface area contributed by atoms with Crippen molar-refractivity contribution >= 4 is 35.0 Å². The molecule has 1 fully saturated rings. The summed E-state index contributed by atoms with van der Waals surface area (Å²) in [4.78, 5) is 27.9. The number of hydrogen-bond acceptors (Lipinski definition) is 3. The molecule has 2 aromatic rings. The van der Waals surface area contributed by atoms with E-state index in [1.807, 2.05) is 44.2 Å². The third kappa shape index (κ3) is 6.63. The van der Waals surface area contributed by atoms with Crippen LogP contribution in [-0.2, 0) is 16.1 Å². The van der Waals surface area contributed by atoms with E-state index in [1.54, 1.807) is 17.0 Å². The molecule has 2 amide bonds. The zero-order chi connectivity index (χ0) is 23.1. The molecule has 1 saturated carbocycles. The van der Waals surface area contributed by atoms with E-state index in [4.69, 9.17) is 27.9 Å². The van der Waals surface area contributed by atoms with Crippen LogP contribution in [0.5, 0.6) is 5.75 Å². The molecule has 1 aliphatic rings. The van der Waals surface area contributed by atoms with Gasteiger partial charge in [0.1, 0.15) is 11.8 Å².